The maximum atomic E-state index is 16.7. The SMILES string of the molecule is CC(CN1C2CCC1CNC2)Oc1nc(N2CC3CCC(C2)N3)c2cc(Cl)c(-c3ccc(F)c4sc(N)nc34)c(F)c2n1. The third-order valence-corrected chi connectivity index (χ3v) is 10.6. The first-order valence-corrected chi connectivity index (χ1v) is 16.2. The summed E-state index contributed by atoms with van der Waals surface area (Å²) < 4.78 is 38.0. The van der Waals surface area contributed by atoms with Crippen LogP contribution in [-0.4, -0.2) is 82.8 Å². The van der Waals surface area contributed by atoms with Crippen LogP contribution in [0, 0.1) is 11.6 Å². The zero-order valence-corrected chi connectivity index (χ0v) is 25.3. The average Bonchev–Trinajstić information content (AvgIpc) is 3.60. The van der Waals surface area contributed by atoms with Crippen molar-refractivity contribution in [3.8, 4) is 17.1 Å². The smallest absolute Gasteiger partial charge is 0.319 e. The molecule has 0 saturated carbocycles. The molecule has 4 saturated heterocycles. The van der Waals surface area contributed by atoms with Gasteiger partial charge in [0.1, 0.15) is 23.3 Å². The lowest BCUT2D eigenvalue weighted by molar-refractivity contribution is 0.0857. The Hall–Kier alpha value is -2.90. The number of aromatic nitrogens is 3. The van der Waals surface area contributed by atoms with E-state index in [2.05, 4.69) is 30.4 Å². The van der Waals surface area contributed by atoms with Crippen LogP contribution in [0.5, 0.6) is 6.01 Å². The Kier molecular flexibility index (Phi) is 6.83. The third-order valence-electron chi connectivity index (χ3n) is 9.45. The van der Waals surface area contributed by atoms with E-state index >= 15 is 4.39 Å². The van der Waals surface area contributed by atoms with Crippen LogP contribution in [-0.2, 0) is 0 Å². The number of nitrogens with zero attached hydrogens (tertiary/aromatic N) is 5. The Morgan fingerprint density at radius 3 is 2.56 bits per heavy atom. The number of hydrogen-bond donors (Lipinski definition) is 3. The van der Waals surface area contributed by atoms with E-state index in [1.54, 1.807) is 6.07 Å². The second-order valence-corrected chi connectivity index (χ2v) is 13.7. The van der Waals surface area contributed by atoms with Crippen LogP contribution in [0.25, 0.3) is 32.2 Å². The van der Waals surface area contributed by atoms with Gasteiger partial charge in [0.2, 0.25) is 0 Å². The number of nitrogens with one attached hydrogen (secondary N) is 2. The molecule has 0 radical (unpaired) electrons. The summed E-state index contributed by atoms with van der Waals surface area (Å²) >= 11 is 7.84. The molecule has 13 heteroatoms. The minimum Gasteiger partial charge on any atom is -0.459 e. The van der Waals surface area contributed by atoms with Crippen LogP contribution in [0.15, 0.2) is 18.2 Å². The van der Waals surface area contributed by atoms with Gasteiger partial charge >= 0.3 is 6.01 Å². The molecule has 4 aliphatic rings. The van der Waals surface area contributed by atoms with Crippen molar-refractivity contribution in [3.05, 3.63) is 34.9 Å². The molecule has 4 N–H and O–H groups in total. The number of hydrogen-bond acceptors (Lipinski definition) is 10. The summed E-state index contributed by atoms with van der Waals surface area (Å²) in [6, 6.07) is 6.33. The van der Waals surface area contributed by atoms with Gasteiger partial charge in [-0.25, -0.2) is 13.8 Å². The van der Waals surface area contributed by atoms with Crippen molar-refractivity contribution in [2.24, 2.45) is 0 Å². The highest BCUT2D eigenvalue weighted by molar-refractivity contribution is 7.22. The molecular weight excluding hydrogens is 594 g/mol. The lowest BCUT2D eigenvalue weighted by atomic mass is 10.0. The van der Waals surface area contributed by atoms with E-state index in [-0.39, 0.29) is 43.6 Å². The second-order valence-electron chi connectivity index (χ2n) is 12.3. The van der Waals surface area contributed by atoms with E-state index in [0.29, 0.717) is 40.9 Å². The lowest BCUT2D eigenvalue weighted by Gasteiger charge is -2.36. The fraction of sp³-hybridized carbons (Fsp3) is 0.500. The van der Waals surface area contributed by atoms with Crippen LogP contribution in [0.1, 0.15) is 32.6 Å². The molecule has 2 aromatic carbocycles. The molecular formula is C30H33ClF2N8OS. The zero-order valence-electron chi connectivity index (χ0n) is 23.7. The molecule has 8 rings (SSSR count). The number of benzene rings is 2. The van der Waals surface area contributed by atoms with Gasteiger partial charge in [0.25, 0.3) is 0 Å². The molecule has 4 aromatic rings. The molecule has 0 amide bonds. The van der Waals surface area contributed by atoms with Crippen molar-refractivity contribution in [2.75, 3.05) is 43.4 Å². The normalized spacial score (nSPS) is 26.1. The molecule has 5 atom stereocenters. The van der Waals surface area contributed by atoms with E-state index in [0.717, 1.165) is 56.9 Å². The summed E-state index contributed by atoms with van der Waals surface area (Å²) in [5.74, 6) is -0.477. The predicted octanol–water partition coefficient (Wildman–Crippen LogP) is 4.56. The summed E-state index contributed by atoms with van der Waals surface area (Å²) in [6.07, 6.45) is 4.35. The molecule has 0 aliphatic carbocycles. The van der Waals surface area contributed by atoms with Crippen LogP contribution < -0.4 is 26.0 Å². The van der Waals surface area contributed by atoms with E-state index in [9.17, 15) is 4.39 Å². The number of nitrogen functional groups attached to an aromatic ring is 1. The first-order chi connectivity index (χ1) is 20.8. The van der Waals surface area contributed by atoms with Gasteiger partial charge in [-0.3, -0.25) is 4.90 Å². The maximum Gasteiger partial charge on any atom is 0.319 e. The Morgan fingerprint density at radius 2 is 1.81 bits per heavy atom. The zero-order chi connectivity index (χ0) is 29.4. The Labute approximate surface area is 256 Å². The van der Waals surface area contributed by atoms with Gasteiger partial charge in [0.05, 0.1) is 15.2 Å². The topological polar surface area (TPSA) is 104 Å². The first kappa shape index (κ1) is 27.6. The maximum absolute atomic E-state index is 16.7. The summed E-state index contributed by atoms with van der Waals surface area (Å²) in [6.45, 7) is 6.24. The van der Waals surface area contributed by atoms with Gasteiger partial charge in [-0.1, -0.05) is 22.9 Å². The molecule has 9 nitrogen and oxygen atoms in total. The highest BCUT2D eigenvalue weighted by Crippen LogP contribution is 2.43. The highest BCUT2D eigenvalue weighted by atomic mass is 35.5. The minimum atomic E-state index is -0.624. The number of rotatable bonds is 6. The molecule has 43 heavy (non-hydrogen) atoms. The van der Waals surface area contributed by atoms with Gasteiger partial charge in [0, 0.05) is 73.4 Å². The quantitative estimate of drug-likeness (QED) is 0.284. The van der Waals surface area contributed by atoms with Crippen molar-refractivity contribution >= 4 is 55.0 Å². The predicted molar refractivity (Wildman–Crippen MR) is 166 cm³/mol. The van der Waals surface area contributed by atoms with Crippen molar-refractivity contribution in [1.82, 2.24) is 30.5 Å². The number of anilines is 2. The number of ether oxygens (including phenoxy) is 1. The van der Waals surface area contributed by atoms with E-state index in [1.165, 1.54) is 25.0 Å². The summed E-state index contributed by atoms with van der Waals surface area (Å²) in [5, 5.41) is 8.05. The summed E-state index contributed by atoms with van der Waals surface area (Å²) in [5.41, 5.74) is 6.76. The van der Waals surface area contributed by atoms with E-state index in [4.69, 9.17) is 27.1 Å². The molecule has 4 aliphatic heterocycles. The number of fused-ring (bicyclic) bond motifs is 6. The molecule has 226 valence electrons. The Balaban J connectivity index is 1.23. The summed E-state index contributed by atoms with van der Waals surface area (Å²) in [4.78, 5) is 18.6. The lowest BCUT2D eigenvalue weighted by Crippen LogP contribution is -2.54. The van der Waals surface area contributed by atoms with Crippen LogP contribution in [0.3, 0.4) is 0 Å². The number of nitrogens with two attached hydrogens (primary N) is 1. The van der Waals surface area contributed by atoms with E-state index < -0.39 is 11.6 Å². The fourth-order valence-corrected chi connectivity index (χ4v) is 8.60. The monoisotopic (exact) mass is 626 g/mol. The van der Waals surface area contributed by atoms with Crippen molar-refractivity contribution in [1.29, 1.82) is 0 Å². The second kappa shape index (κ2) is 10.6. The first-order valence-electron chi connectivity index (χ1n) is 15.0. The van der Waals surface area contributed by atoms with Crippen LogP contribution in [0.4, 0.5) is 19.7 Å². The highest BCUT2D eigenvalue weighted by Gasteiger charge is 2.38. The third kappa shape index (κ3) is 4.78. The standard InChI is InChI=1S/C30H33ClF2N8OS/c1-14(11-41-17-4-5-18(41)10-35-9-17)42-30-38-25-20(28(39-30)40-12-15-2-3-16(13-40)36-15)8-21(31)23(24(25)33)19-6-7-22(32)27-26(19)37-29(34)43-27/h6-8,14-18,35-36H,2-5,9-13H2,1H3,(H2,34,37). The minimum absolute atomic E-state index is 0.103. The van der Waals surface area contributed by atoms with E-state index in [1.807, 2.05) is 6.92 Å². The molecule has 0 spiro atoms. The molecule has 6 heterocycles. The van der Waals surface area contributed by atoms with Gasteiger partial charge in [-0.2, -0.15) is 9.97 Å². The average molecular weight is 627 g/mol. The number of thiazole rings is 1. The largest absolute Gasteiger partial charge is 0.459 e. The molecule has 4 bridgehead atoms. The van der Waals surface area contributed by atoms with Crippen molar-refractivity contribution < 1.29 is 13.5 Å². The number of halogens is 3. The Morgan fingerprint density at radius 1 is 1.07 bits per heavy atom. The molecule has 5 unspecified atom stereocenters. The molecule has 4 fully saturated rings. The fourth-order valence-electron chi connectivity index (χ4n) is 7.55. The van der Waals surface area contributed by atoms with Gasteiger partial charge in [-0.15, -0.1) is 0 Å². The molecule has 2 aromatic heterocycles. The summed E-state index contributed by atoms with van der Waals surface area (Å²) in [7, 11) is 0. The van der Waals surface area contributed by atoms with Crippen LogP contribution in [0.2, 0.25) is 5.02 Å². The van der Waals surface area contributed by atoms with Crippen LogP contribution >= 0.6 is 22.9 Å². The number of piperazine rings is 2. The van der Waals surface area contributed by atoms with Crippen molar-refractivity contribution in [2.45, 2.75) is 62.9 Å². The van der Waals surface area contributed by atoms with Gasteiger partial charge in [0.15, 0.2) is 10.9 Å². The Bertz CT molecular complexity index is 1710. The van der Waals surface area contributed by atoms with Gasteiger partial charge < -0.3 is 26.0 Å². The van der Waals surface area contributed by atoms with Crippen molar-refractivity contribution in [3.63, 3.8) is 0 Å². The van der Waals surface area contributed by atoms with Gasteiger partial charge in [-0.05, 0) is 50.8 Å².